The smallest absolute Gasteiger partial charge is 0.240 e. The predicted octanol–water partition coefficient (Wildman–Crippen LogP) is 0.751. The molecule has 0 saturated heterocycles. The van der Waals surface area contributed by atoms with Crippen LogP contribution in [0.15, 0.2) is 29.2 Å². The first-order valence-corrected chi connectivity index (χ1v) is 7.62. The summed E-state index contributed by atoms with van der Waals surface area (Å²) in [6.45, 7) is 3.69. The van der Waals surface area contributed by atoms with E-state index >= 15 is 0 Å². The molecule has 0 bridgehead atoms. The summed E-state index contributed by atoms with van der Waals surface area (Å²) in [6.07, 6.45) is 0.0771. The molecule has 7 heteroatoms. The Hall–Kier alpha value is -1.91. The highest BCUT2D eigenvalue weighted by Crippen LogP contribution is 2.09. The lowest BCUT2D eigenvalue weighted by atomic mass is 10.2. The quantitative estimate of drug-likeness (QED) is 0.809. The Kier molecular flexibility index (Phi) is 5.67. The molecule has 0 aromatic heterocycles. The largest absolute Gasteiger partial charge is 0.354 e. The summed E-state index contributed by atoms with van der Waals surface area (Å²) in [5.41, 5.74) is 0.389. The zero-order valence-electron chi connectivity index (χ0n) is 11.4. The highest BCUT2D eigenvalue weighted by Gasteiger charge is 2.14. The van der Waals surface area contributed by atoms with Crippen LogP contribution in [0.2, 0.25) is 0 Å². The summed E-state index contributed by atoms with van der Waals surface area (Å²) >= 11 is 0. The van der Waals surface area contributed by atoms with E-state index in [0.717, 1.165) is 0 Å². The molecule has 0 radical (unpaired) electrons. The molecule has 0 heterocycles. The second-order valence-electron chi connectivity index (χ2n) is 4.51. The van der Waals surface area contributed by atoms with Crippen molar-refractivity contribution in [1.29, 1.82) is 5.26 Å². The second-order valence-corrected chi connectivity index (χ2v) is 6.27. The monoisotopic (exact) mass is 295 g/mol. The van der Waals surface area contributed by atoms with Gasteiger partial charge in [-0.1, -0.05) is 0 Å². The SMILES string of the molecule is CC(C)NC(=O)CCNS(=O)(=O)c1ccc(C#N)cc1. The van der Waals surface area contributed by atoms with E-state index in [-0.39, 0.29) is 29.8 Å². The molecule has 0 fully saturated rings. The van der Waals surface area contributed by atoms with Gasteiger partial charge in [-0.3, -0.25) is 4.79 Å². The Balaban J connectivity index is 2.57. The van der Waals surface area contributed by atoms with Gasteiger partial charge in [0.15, 0.2) is 0 Å². The van der Waals surface area contributed by atoms with E-state index in [9.17, 15) is 13.2 Å². The molecular weight excluding hydrogens is 278 g/mol. The summed E-state index contributed by atoms with van der Waals surface area (Å²) in [5.74, 6) is -0.206. The van der Waals surface area contributed by atoms with Gasteiger partial charge in [0.1, 0.15) is 0 Å². The molecule has 0 aliphatic heterocycles. The number of benzene rings is 1. The van der Waals surface area contributed by atoms with Gasteiger partial charge in [0.25, 0.3) is 0 Å². The topological polar surface area (TPSA) is 99.1 Å². The maximum atomic E-state index is 11.9. The standard InChI is InChI=1S/C13H17N3O3S/c1-10(2)16-13(17)7-8-15-20(18,19)12-5-3-11(9-14)4-6-12/h3-6,10,15H,7-8H2,1-2H3,(H,16,17). The summed E-state index contributed by atoms with van der Waals surface area (Å²) < 4.78 is 26.2. The molecule has 108 valence electrons. The van der Waals surface area contributed by atoms with Crippen LogP contribution in [0.5, 0.6) is 0 Å². The molecule has 0 saturated carbocycles. The summed E-state index contributed by atoms with van der Waals surface area (Å²) in [6, 6.07) is 7.51. The number of rotatable bonds is 6. The van der Waals surface area contributed by atoms with Gasteiger partial charge in [0, 0.05) is 19.0 Å². The number of carbonyl (C=O) groups is 1. The van der Waals surface area contributed by atoms with Crippen molar-refractivity contribution >= 4 is 15.9 Å². The average Bonchev–Trinajstić information content (AvgIpc) is 2.37. The molecule has 0 unspecified atom stereocenters. The van der Waals surface area contributed by atoms with Crippen LogP contribution in [0.1, 0.15) is 25.8 Å². The van der Waals surface area contributed by atoms with Crippen LogP contribution in [0.4, 0.5) is 0 Å². The number of nitrogens with one attached hydrogen (secondary N) is 2. The van der Waals surface area contributed by atoms with Gasteiger partial charge >= 0.3 is 0 Å². The fourth-order valence-corrected chi connectivity index (χ4v) is 2.52. The fourth-order valence-electron chi connectivity index (χ4n) is 1.49. The Morgan fingerprint density at radius 1 is 1.30 bits per heavy atom. The zero-order valence-corrected chi connectivity index (χ0v) is 12.2. The van der Waals surface area contributed by atoms with Crippen LogP contribution in [0.3, 0.4) is 0 Å². The van der Waals surface area contributed by atoms with Crippen molar-refractivity contribution in [1.82, 2.24) is 10.0 Å². The van der Waals surface area contributed by atoms with Crippen LogP contribution < -0.4 is 10.0 Å². The lowest BCUT2D eigenvalue weighted by Gasteiger charge is -2.09. The number of nitrogens with zero attached hydrogens (tertiary/aromatic N) is 1. The van der Waals surface area contributed by atoms with Gasteiger partial charge in [-0.25, -0.2) is 13.1 Å². The minimum Gasteiger partial charge on any atom is -0.354 e. The van der Waals surface area contributed by atoms with Crippen molar-refractivity contribution in [2.75, 3.05) is 6.54 Å². The Labute approximate surface area is 118 Å². The number of sulfonamides is 1. The molecule has 1 aromatic carbocycles. The zero-order chi connectivity index (χ0) is 15.2. The maximum absolute atomic E-state index is 11.9. The minimum absolute atomic E-state index is 0.0256. The summed E-state index contributed by atoms with van der Waals surface area (Å²) in [5, 5.41) is 11.3. The molecule has 1 amide bonds. The van der Waals surface area contributed by atoms with Crippen LogP contribution >= 0.6 is 0 Å². The molecule has 2 N–H and O–H groups in total. The Morgan fingerprint density at radius 3 is 2.40 bits per heavy atom. The molecule has 6 nitrogen and oxygen atoms in total. The third kappa shape index (κ3) is 4.99. The van der Waals surface area contributed by atoms with Gasteiger partial charge < -0.3 is 5.32 Å². The number of hydrogen-bond donors (Lipinski definition) is 2. The maximum Gasteiger partial charge on any atom is 0.240 e. The molecule has 0 aliphatic carbocycles. The molecular formula is C13H17N3O3S. The fraction of sp³-hybridized carbons (Fsp3) is 0.385. The van der Waals surface area contributed by atoms with Crippen molar-refractivity contribution < 1.29 is 13.2 Å². The van der Waals surface area contributed by atoms with Gasteiger partial charge in [0.05, 0.1) is 16.5 Å². The van der Waals surface area contributed by atoms with E-state index in [2.05, 4.69) is 10.0 Å². The molecule has 20 heavy (non-hydrogen) atoms. The number of nitriles is 1. The van der Waals surface area contributed by atoms with Gasteiger partial charge in [-0.05, 0) is 38.1 Å². The van der Waals surface area contributed by atoms with Crippen molar-refractivity contribution in [3.8, 4) is 6.07 Å². The third-order valence-electron chi connectivity index (χ3n) is 2.39. The van der Waals surface area contributed by atoms with Gasteiger partial charge in [-0.15, -0.1) is 0 Å². The first-order valence-electron chi connectivity index (χ1n) is 6.14. The molecule has 0 aliphatic rings. The minimum atomic E-state index is -3.65. The Bertz CT molecular complexity index is 601. The molecule has 1 aromatic rings. The van der Waals surface area contributed by atoms with Crippen LogP contribution in [0, 0.1) is 11.3 Å². The summed E-state index contributed by atoms with van der Waals surface area (Å²) in [7, 11) is -3.65. The van der Waals surface area contributed by atoms with Gasteiger partial charge in [0.2, 0.25) is 15.9 Å². The van der Waals surface area contributed by atoms with E-state index in [1.807, 2.05) is 19.9 Å². The van der Waals surface area contributed by atoms with E-state index < -0.39 is 10.0 Å². The molecule has 0 atom stereocenters. The first-order chi connectivity index (χ1) is 9.35. The predicted molar refractivity (Wildman–Crippen MR) is 74.2 cm³/mol. The van der Waals surface area contributed by atoms with E-state index in [1.54, 1.807) is 0 Å². The van der Waals surface area contributed by atoms with Crippen molar-refractivity contribution in [3.05, 3.63) is 29.8 Å². The number of carbonyl (C=O) groups excluding carboxylic acids is 1. The van der Waals surface area contributed by atoms with Crippen LogP contribution in [-0.2, 0) is 14.8 Å². The van der Waals surface area contributed by atoms with E-state index in [4.69, 9.17) is 5.26 Å². The van der Waals surface area contributed by atoms with Crippen molar-refractivity contribution in [2.45, 2.75) is 31.2 Å². The highest BCUT2D eigenvalue weighted by atomic mass is 32.2. The molecule has 0 spiro atoms. The second kappa shape index (κ2) is 7.03. The van der Waals surface area contributed by atoms with Crippen LogP contribution in [-0.4, -0.2) is 26.9 Å². The lowest BCUT2D eigenvalue weighted by Crippen LogP contribution is -2.34. The average molecular weight is 295 g/mol. The summed E-state index contributed by atoms with van der Waals surface area (Å²) in [4.78, 5) is 11.4. The van der Waals surface area contributed by atoms with E-state index in [1.165, 1.54) is 24.3 Å². The third-order valence-corrected chi connectivity index (χ3v) is 3.86. The number of amides is 1. The first kappa shape index (κ1) is 16.1. The van der Waals surface area contributed by atoms with E-state index in [0.29, 0.717) is 5.56 Å². The van der Waals surface area contributed by atoms with Crippen molar-refractivity contribution in [3.63, 3.8) is 0 Å². The lowest BCUT2D eigenvalue weighted by molar-refractivity contribution is -0.121. The van der Waals surface area contributed by atoms with Crippen molar-refractivity contribution in [2.24, 2.45) is 0 Å². The Morgan fingerprint density at radius 2 is 1.90 bits per heavy atom. The highest BCUT2D eigenvalue weighted by molar-refractivity contribution is 7.89. The van der Waals surface area contributed by atoms with Crippen LogP contribution in [0.25, 0.3) is 0 Å². The normalized spacial score (nSPS) is 11.1. The number of hydrogen-bond acceptors (Lipinski definition) is 4. The molecule has 1 rings (SSSR count). The van der Waals surface area contributed by atoms with Gasteiger partial charge in [-0.2, -0.15) is 5.26 Å².